The molecule has 0 spiro atoms. The number of carbonyl (C=O) groups is 1. The standard InChI is InChI=1S/C26H25N7OS/c1-15-5-7-19(8-6-15)13-22-16(2)27-17(3)28-24(22)30-25-31-26-33(32-25)23(14-35-26)20-9-11-21(12-10-20)29-18(4)34/h5-12,14H,13H2,1-4H3,(H,29,34)(H,27,28,30,32). The van der Waals surface area contributed by atoms with Gasteiger partial charge in [0.05, 0.1) is 5.69 Å². The molecule has 8 nitrogen and oxygen atoms in total. The molecule has 5 aromatic rings. The molecule has 0 aliphatic carbocycles. The zero-order valence-electron chi connectivity index (χ0n) is 20.0. The predicted octanol–water partition coefficient (Wildman–Crippen LogP) is 5.47. The second kappa shape index (κ2) is 9.27. The molecule has 176 valence electrons. The number of hydrogen-bond donors (Lipinski definition) is 2. The van der Waals surface area contributed by atoms with E-state index in [2.05, 4.69) is 56.8 Å². The highest BCUT2D eigenvalue weighted by Crippen LogP contribution is 2.29. The van der Waals surface area contributed by atoms with E-state index in [1.54, 1.807) is 0 Å². The van der Waals surface area contributed by atoms with E-state index in [1.165, 1.54) is 29.4 Å². The molecule has 0 unspecified atom stereocenters. The SMILES string of the molecule is CC(=O)Nc1ccc(-c2csc3nc(Nc4nc(C)nc(C)c4Cc4ccc(C)cc4)nn23)cc1. The first-order valence-corrected chi connectivity index (χ1v) is 12.1. The summed E-state index contributed by atoms with van der Waals surface area (Å²) in [6.07, 6.45) is 0.711. The van der Waals surface area contributed by atoms with Crippen molar-refractivity contribution in [2.75, 3.05) is 10.6 Å². The van der Waals surface area contributed by atoms with Gasteiger partial charge in [-0.1, -0.05) is 42.0 Å². The number of aromatic nitrogens is 5. The number of fused-ring (bicyclic) bond motifs is 1. The summed E-state index contributed by atoms with van der Waals surface area (Å²) in [6.45, 7) is 7.47. The molecule has 9 heteroatoms. The zero-order valence-corrected chi connectivity index (χ0v) is 20.8. The normalized spacial score (nSPS) is 11.1. The van der Waals surface area contributed by atoms with E-state index >= 15 is 0 Å². The number of amides is 1. The summed E-state index contributed by atoms with van der Waals surface area (Å²) in [4.78, 5) is 26.0. The minimum absolute atomic E-state index is 0.0976. The van der Waals surface area contributed by atoms with Crippen molar-refractivity contribution in [2.24, 2.45) is 0 Å². The van der Waals surface area contributed by atoms with Crippen molar-refractivity contribution in [3.8, 4) is 11.3 Å². The van der Waals surface area contributed by atoms with Gasteiger partial charge in [0.2, 0.25) is 16.8 Å². The first-order chi connectivity index (χ1) is 16.9. The molecule has 3 heterocycles. The van der Waals surface area contributed by atoms with Crippen molar-refractivity contribution >= 4 is 39.7 Å². The fourth-order valence-electron chi connectivity index (χ4n) is 3.93. The number of aryl methyl sites for hydroxylation is 3. The molecule has 0 saturated carbocycles. The van der Waals surface area contributed by atoms with Crippen molar-refractivity contribution in [2.45, 2.75) is 34.1 Å². The number of rotatable bonds is 6. The monoisotopic (exact) mass is 483 g/mol. The third-order valence-corrected chi connectivity index (χ3v) is 6.46. The molecule has 0 saturated heterocycles. The topological polar surface area (TPSA) is 97.1 Å². The molecule has 1 amide bonds. The van der Waals surface area contributed by atoms with Gasteiger partial charge in [0.1, 0.15) is 11.6 Å². The van der Waals surface area contributed by atoms with Crippen LogP contribution in [0, 0.1) is 20.8 Å². The number of carbonyl (C=O) groups excluding carboxylic acids is 1. The molecule has 0 atom stereocenters. The Morgan fingerprint density at radius 3 is 2.43 bits per heavy atom. The van der Waals surface area contributed by atoms with Gasteiger partial charge in [0, 0.05) is 41.2 Å². The number of benzene rings is 2. The smallest absolute Gasteiger partial charge is 0.249 e. The minimum Gasteiger partial charge on any atom is -0.326 e. The first-order valence-electron chi connectivity index (χ1n) is 11.2. The van der Waals surface area contributed by atoms with Crippen molar-refractivity contribution in [3.63, 3.8) is 0 Å². The van der Waals surface area contributed by atoms with E-state index in [9.17, 15) is 4.79 Å². The number of hydrogen-bond acceptors (Lipinski definition) is 7. The Labute approximate surface area is 207 Å². The lowest BCUT2D eigenvalue weighted by atomic mass is 10.0. The average molecular weight is 484 g/mol. The van der Waals surface area contributed by atoms with Crippen LogP contribution in [-0.4, -0.2) is 30.5 Å². The molecule has 2 N–H and O–H groups in total. The van der Waals surface area contributed by atoms with Crippen LogP contribution in [0.2, 0.25) is 0 Å². The molecule has 0 aliphatic heterocycles. The van der Waals surface area contributed by atoms with Gasteiger partial charge in [-0.3, -0.25) is 4.79 Å². The van der Waals surface area contributed by atoms with Gasteiger partial charge in [-0.25, -0.2) is 14.5 Å². The number of thiazole rings is 1. The van der Waals surface area contributed by atoms with Gasteiger partial charge in [0.25, 0.3) is 0 Å². The maximum absolute atomic E-state index is 11.3. The molecular formula is C26H25N7OS. The largest absolute Gasteiger partial charge is 0.326 e. The Morgan fingerprint density at radius 1 is 0.971 bits per heavy atom. The van der Waals surface area contributed by atoms with Crippen LogP contribution in [0.3, 0.4) is 0 Å². The van der Waals surface area contributed by atoms with Gasteiger partial charge in [-0.2, -0.15) is 4.98 Å². The van der Waals surface area contributed by atoms with E-state index in [0.29, 0.717) is 18.2 Å². The Morgan fingerprint density at radius 2 is 1.71 bits per heavy atom. The van der Waals surface area contributed by atoms with Crippen LogP contribution in [0.1, 0.15) is 35.1 Å². The number of nitrogens with zero attached hydrogens (tertiary/aromatic N) is 5. The fourth-order valence-corrected chi connectivity index (χ4v) is 4.76. The predicted molar refractivity (Wildman–Crippen MR) is 139 cm³/mol. The second-order valence-corrected chi connectivity index (χ2v) is 9.32. The maximum Gasteiger partial charge on any atom is 0.249 e. The van der Waals surface area contributed by atoms with E-state index in [-0.39, 0.29) is 5.91 Å². The van der Waals surface area contributed by atoms with Crippen LogP contribution in [-0.2, 0) is 11.2 Å². The summed E-state index contributed by atoms with van der Waals surface area (Å²) in [6, 6.07) is 16.2. The van der Waals surface area contributed by atoms with Gasteiger partial charge in [-0.15, -0.1) is 16.4 Å². The minimum atomic E-state index is -0.0976. The van der Waals surface area contributed by atoms with E-state index < -0.39 is 0 Å². The highest BCUT2D eigenvalue weighted by atomic mass is 32.1. The fraction of sp³-hybridized carbons (Fsp3) is 0.192. The molecule has 5 rings (SSSR count). The van der Waals surface area contributed by atoms with Gasteiger partial charge in [-0.05, 0) is 38.5 Å². The Bertz CT molecular complexity index is 1520. The van der Waals surface area contributed by atoms with Crippen molar-refractivity contribution in [1.82, 2.24) is 24.6 Å². The molecule has 0 aliphatic rings. The van der Waals surface area contributed by atoms with E-state index in [1.807, 2.05) is 48.0 Å². The van der Waals surface area contributed by atoms with Crippen molar-refractivity contribution in [3.05, 3.63) is 82.1 Å². The van der Waals surface area contributed by atoms with Gasteiger partial charge < -0.3 is 10.6 Å². The molecule has 0 radical (unpaired) electrons. The van der Waals surface area contributed by atoms with Crippen LogP contribution in [0.5, 0.6) is 0 Å². The third-order valence-electron chi connectivity index (χ3n) is 5.64. The Hall–Kier alpha value is -4.11. The summed E-state index contributed by atoms with van der Waals surface area (Å²) in [5.41, 5.74) is 7.03. The molecule has 2 aromatic carbocycles. The molecular weight excluding hydrogens is 458 g/mol. The number of nitrogens with one attached hydrogen (secondary N) is 2. The number of anilines is 3. The third kappa shape index (κ3) is 4.90. The lowest BCUT2D eigenvalue weighted by Gasteiger charge is -2.13. The van der Waals surface area contributed by atoms with Crippen molar-refractivity contribution in [1.29, 1.82) is 0 Å². The Balaban J connectivity index is 1.45. The van der Waals surface area contributed by atoms with Crippen LogP contribution in [0.15, 0.2) is 53.9 Å². The summed E-state index contributed by atoms with van der Waals surface area (Å²) in [7, 11) is 0. The second-order valence-electron chi connectivity index (χ2n) is 8.48. The molecule has 35 heavy (non-hydrogen) atoms. The molecule has 0 bridgehead atoms. The summed E-state index contributed by atoms with van der Waals surface area (Å²) >= 11 is 1.52. The molecule has 3 aromatic heterocycles. The van der Waals surface area contributed by atoms with Crippen molar-refractivity contribution < 1.29 is 4.79 Å². The quantitative estimate of drug-likeness (QED) is 0.333. The molecule has 0 fully saturated rings. The summed E-state index contributed by atoms with van der Waals surface area (Å²) in [5, 5.41) is 12.9. The van der Waals surface area contributed by atoms with Gasteiger partial charge >= 0.3 is 0 Å². The first kappa shape index (κ1) is 22.7. The average Bonchev–Trinajstić information content (AvgIpc) is 3.38. The lowest BCUT2D eigenvalue weighted by molar-refractivity contribution is -0.114. The highest BCUT2D eigenvalue weighted by molar-refractivity contribution is 7.15. The van der Waals surface area contributed by atoms with Gasteiger partial charge in [0.15, 0.2) is 0 Å². The Kier molecular flexibility index (Phi) is 6.00. The summed E-state index contributed by atoms with van der Waals surface area (Å²) in [5.74, 6) is 1.80. The maximum atomic E-state index is 11.3. The lowest BCUT2D eigenvalue weighted by Crippen LogP contribution is -2.07. The highest BCUT2D eigenvalue weighted by Gasteiger charge is 2.16. The van der Waals surface area contributed by atoms with Crippen LogP contribution < -0.4 is 10.6 Å². The van der Waals surface area contributed by atoms with E-state index in [0.717, 1.165) is 39.0 Å². The van der Waals surface area contributed by atoms with Crippen LogP contribution >= 0.6 is 11.3 Å². The van der Waals surface area contributed by atoms with E-state index in [4.69, 9.17) is 5.10 Å². The van der Waals surface area contributed by atoms with Crippen LogP contribution in [0.4, 0.5) is 17.5 Å². The zero-order chi connectivity index (χ0) is 24.5. The van der Waals surface area contributed by atoms with Crippen LogP contribution in [0.25, 0.3) is 16.2 Å². The summed E-state index contributed by atoms with van der Waals surface area (Å²) < 4.78 is 1.82.